The minimum absolute atomic E-state index is 0.356. The molecule has 3 nitrogen and oxygen atoms in total. The number of hydrogen-bond acceptors (Lipinski definition) is 2. The van der Waals surface area contributed by atoms with E-state index in [9.17, 15) is 8.42 Å². The van der Waals surface area contributed by atoms with E-state index in [1.165, 1.54) is 11.1 Å². The maximum atomic E-state index is 12.8. The van der Waals surface area contributed by atoms with Gasteiger partial charge in [0.2, 0.25) is 10.0 Å². The minimum Gasteiger partial charge on any atom is -0.207 e. The highest BCUT2D eigenvalue weighted by atomic mass is 79.9. The van der Waals surface area contributed by atoms with Gasteiger partial charge in [0.05, 0.1) is 4.90 Å². The summed E-state index contributed by atoms with van der Waals surface area (Å²) in [6, 6.07) is 15.3. The monoisotopic (exact) mass is 391 g/mol. The van der Waals surface area contributed by atoms with Crippen LogP contribution in [0.25, 0.3) is 5.57 Å². The minimum atomic E-state index is -3.44. The van der Waals surface area contributed by atoms with Gasteiger partial charge in [-0.3, -0.25) is 0 Å². The molecule has 0 unspecified atom stereocenters. The molecule has 3 rings (SSSR count). The van der Waals surface area contributed by atoms with E-state index in [0.29, 0.717) is 18.0 Å². The van der Waals surface area contributed by atoms with Crippen LogP contribution in [0.3, 0.4) is 0 Å². The van der Waals surface area contributed by atoms with Gasteiger partial charge in [-0.1, -0.05) is 52.3 Å². The molecule has 0 saturated heterocycles. The van der Waals surface area contributed by atoms with Crippen LogP contribution >= 0.6 is 15.9 Å². The van der Waals surface area contributed by atoms with Gasteiger partial charge in [-0.15, -0.1) is 0 Å². The highest BCUT2D eigenvalue weighted by Gasteiger charge is 2.26. The molecule has 0 N–H and O–H groups in total. The van der Waals surface area contributed by atoms with Gasteiger partial charge < -0.3 is 0 Å². The van der Waals surface area contributed by atoms with E-state index in [2.05, 4.69) is 28.1 Å². The van der Waals surface area contributed by atoms with Gasteiger partial charge in [-0.25, -0.2) is 8.42 Å². The van der Waals surface area contributed by atoms with Crippen LogP contribution < -0.4 is 0 Å². The SMILES string of the molecule is Cc1cc(S(=O)(=O)N2CC=C(c3ccccc3)CC2)ccc1Br. The molecular weight excluding hydrogens is 374 g/mol. The zero-order valence-corrected chi connectivity index (χ0v) is 15.3. The third-order valence-electron chi connectivity index (χ3n) is 4.08. The van der Waals surface area contributed by atoms with Crippen LogP contribution in [-0.2, 0) is 10.0 Å². The lowest BCUT2D eigenvalue weighted by atomic mass is 10.0. The number of benzene rings is 2. The second-order valence-electron chi connectivity index (χ2n) is 5.62. The number of sulfonamides is 1. The second kappa shape index (κ2) is 6.59. The summed E-state index contributed by atoms with van der Waals surface area (Å²) in [5.74, 6) is 0. The van der Waals surface area contributed by atoms with Crippen molar-refractivity contribution < 1.29 is 8.42 Å². The van der Waals surface area contributed by atoms with Gasteiger partial charge in [0.1, 0.15) is 0 Å². The average Bonchev–Trinajstić information content (AvgIpc) is 2.58. The summed E-state index contributed by atoms with van der Waals surface area (Å²) in [6.07, 6.45) is 2.75. The van der Waals surface area contributed by atoms with Crippen molar-refractivity contribution in [2.24, 2.45) is 0 Å². The van der Waals surface area contributed by atoms with Crippen LogP contribution in [0.1, 0.15) is 17.5 Å². The zero-order chi connectivity index (χ0) is 16.4. The van der Waals surface area contributed by atoms with Crippen molar-refractivity contribution in [3.8, 4) is 0 Å². The van der Waals surface area contributed by atoms with Gasteiger partial charge in [-0.2, -0.15) is 4.31 Å². The smallest absolute Gasteiger partial charge is 0.207 e. The van der Waals surface area contributed by atoms with Crippen molar-refractivity contribution >= 4 is 31.5 Å². The normalized spacial score (nSPS) is 16.2. The Morgan fingerprint density at radius 1 is 1.09 bits per heavy atom. The molecule has 23 heavy (non-hydrogen) atoms. The topological polar surface area (TPSA) is 37.4 Å². The molecule has 5 heteroatoms. The first-order chi connectivity index (χ1) is 11.0. The Kier molecular flexibility index (Phi) is 4.71. The zero-order valence-electron chi connectivity index (χ0n) is 12.9. The van der Waals surface area contributed by atoms with E-state index in [4.69, 9.17) is 0 Å². The first-order valence-electron chi connectivity index (χ1n) is 7.49. The second-order valence-corrected chi connectivity index (χ2v) is 8.41. The fourth-order valence-electron chi connectivity index (χ4n) is 2.71. The van der Waals surface area contributed by atoms with Gasteiger partial charge >= 0.3 is 0 Å². The van der Waals surface area contributed by atoms with Crippen LogP contribution in [0, 0.1) is 6.92 Å². The molecule has 0 aromatic heterocycles. The van der Waals surface area contributed by atoms with Crippen molar-refractivity contribution in [3.63, 3.8) is 0 Å². The summed E-state index contributed by atoms with van der Waals surface area (Å²) in [6.45, 7) is 2.83. The van der Waals surface area contributed by atoms with Crippen molar-refractivity contribution in [3.05, 3.63) is 70.2 Å². The van der Waals surface area contributed by atoms with Crippen LogP contribution in [0.15, 0.2) is 64.0 Å². The molecule has 0 bridgehead atoms. The van der Waals surface area contributed by atoms with E-state index in [1.807, 2.05) is 31.2 Å². The van der Waals surface area contributed by atoms with E-state index in [0.717, 1.165) is 16.5 Å². The highest BCUT2D eigenvalue weighted by Crippen LogP contribution is 2.27. The molecule has 0 radical (unpaired) electrons. The molecule has 1 heterocycles. The molecule has 1 aliphatic heterocycles. The fourth-order valence-corrected chi connectivity index (χ4v) is 4.42. The standard InChI is InChI=1S/C18H18BrNO2S/c1-14-13-17(7-8-18(14)19)23(21,22)20-11-9-16(10-12-20)15-5-3-2-4-6-15/h2-9,13H,10-12H2,1H3. The molecule has 0 atom stereocenters. The summed E-state index contributed by atoms with van der Waals surface area (Å²) in [7, 11) is -3.44. The molecule has 120 valence electrons. The maximum Gasteiger partial charge on any atom is 0.243 e. The Hall–Kier alpha value is -1.43. The van der Waals surface area contributed by atoms with Crippen LogP contribution in [0.2, 0.25) is 0 Å². The molecule has 1 aliphatic rings. The quantitative estimate of drug-likeness (QED) is 0.784. The number of aryl methyl sites for hydroxylation is 1. The van der Waals surface area contributed by atoms with E-state index in [-0.39, 0.29) is 0 Å². The number of rotatable bonds is 3. The van der Waals surface area contributed by atoms with Crippen LogP contribution in [-0.4, -0.2) is 25.8 Å². The summed E-state index contributed by atoms with van der Waals surface area (Å²) in [5.41, 5.74) is 3.30. The Labute approximate surface area is 145 Å². The number of nitrogens with zero attached hydrogens (tertiary/aromatic N) is 1. The van der Waals surface area contributed by atoms with Gasteiger partial charge in [0.25, 0.3) is 0 Å². The Morgan fingerprint density at radius 3 is 2.43 bits per heavy atom. The van der Waals surface area contributed by atoms with Crippen molar-refractivity contribution in [1.82, 2.24) is 4.31 Å². The van der Waals surface area contributed by atoms with E-state index < -0.39 is 10.0 Å². The Morgan fingerprint density at radius 2 is 1.83 bits per heavy atom. The first-order valence-corrected chi connectivity index (χ1v) is 9.72. The van der Waals surface area contributed by atoms with Crippen LogP contribution in [0.5, 0.6) is 0 Å². The predicted molar refractivity (Wildman–Crippen MR) is 96.7 cm³/mol. The summed E-state index contributed by atoms with van der Waals surface area (Å²) in [4.78, 5) is 0.356. The molecular formula is C18H18BrNO2S. The molecule has 0 amide bonds. The molecule has 0 saturated carbocycles. The van der Waals surface area contributed by atoms with Gasteiger partial charge in [0, 0.05) is 17.6 Å². The lowest BCUT2D eigenvalue weighted by Gasteiger charge is -2.26. The summed E-state index contributed by atoms with van der Waals surface area (Å²) >= 11 is 3.41. The fraction of sp³-hybridized carbons (Fsp3) is 0.222. The lowest BCUT2D eigenvalue weighted by Crippen LogP contribution is -2.34. The molecule has 2 aromatic carbocycles. The largest absolute Gasteiger partial charge is 0.243 e. The van der Waals surface area contributed by atoms with Crippen molar-refractivity contribution in [2.75, 3.05) is 13.1 Å². The van der Waals surface area contributed by atoms with Crippen molar-refractivity contribution in [2.45, 2.75) is 18.2 Å². The molecule has 0 fully saturated rings. The number of hydrogen-bond donors (Lipinski definition) is 0. The Balaban J connectivity index is 1.83. The van der Waals surface area contributed by atoms with Gasteiger partial charge in [0.15, 0.2) is 0 Å². The van der Waals surface area contributed by atoms with Crippen molar-refractivity contribution in [1.29, 1.82) is 0 Å². The lowest BCUT2D eigenvalue weighted by molar-refractivity contribution is 0.441. The third kappa shape index (κ3) is 3.42. The molecule has 0 aliphatic carbocycles. The number of halogens is 1. The maximum absolute atomic E-state index is 12.8. The average molecular weight is 392 g/mol. The molecule has 2 aromatic rings. The van der Waals surface area contributed by atoms with E-state index in [1.54, 1.807) is 22.5 Å². The Bertz CT molecular complexity index is 845. The third-order valence-corrected chi connectivity index (χ3v) is 6.83. The highest BCUT2D eigenvalue weighted by molar-refractivity contribution is 9.10. The molecule has 0 spiro atoms. The summed E-state index contributed by atoms with van der Waals surface area (Å²) in [5, 5.41) is 0. The predicted octanol–water partition coefficient (Wildman–Crippen LogP) is 4.24. The van der Waals surface area contributed by atoms with E-state index >= 15 is 0 Å². The first kappa shape index (κ1) is 16.4. The summed E-state index contributed by atoms with van der Waals surface area (Å²) < 4.78 is 28.0. The van der Waals surface area contributed by atoms with Crippen LogP contribution in [0.4, 0.5) is 0 Å². The van der Waals surface area contributed by atoms with Gasteiger partial charge in [-0.05, 0) is 48.2 Å².